The average molecular weight is 301 g/mol. The monoisotopic (exact) mass is 301 g/mol. The standard InChI is InChI=1S/C13H10F3NO4/c1-8(11(18)17-6-7-20-12(17)19)9-4-2-3-5-10(9)21-13(14,15)16/h2-5H,1,6-7H2. The van der Waals surface area contributed by atoms with E-state index in [-0.39, 0.29) is 24.3 Å². The van der Waals surface area contributed by atoms with Crippen LogP contribution < -0.4 is 4.74 Å². The number of hydrogen-bond donors (Lipinski definition) is 0. The molecule has 2 amide bonds. The first kappa shape index (κ1) is 14.9. The predicted molar refractivity (Wildman–Crippen MR) is 65.2 cm³/mol. The van der Waals surface area contributed by atoms with Crippen molar-refractivity contribution in [3.8, 4) is 5.75 Å². The van der Waals surface area contributed by atoms with Gasteiger partial charge in [0.25, 0.3) is 5.91 Å². The highest BCUT2D eigenvalue weighted by molar-refractivity contribution is 6.23. The number of para-hydroxylation sites is 1. The molecule has 0 aromatic heterocycles. The van der Waals surface area contributed by atoms with Gasteiger partial charge < -0.3 is 9.47 Å². The lowest BCUT2D eigenvalue weighted by atomic mass is 10.1. The normalized spacial score (nSPS) is 14.8. The van der Waals surface area contributed by atoms with Crippen LogP contribution >= 0.6 is 0 Å². The molecule has 0 N–H and O–H groups in total. The molecule has 2 rings (SSSR count). The van der Waals surface area contributed by atoms with Crippen molar-refractivity contribution in [1.29, 1.82) is 0 Å². The Kier molecular flexibility index (Phi) is 3.88. The largest absolute Gasteiger partial charge is 0.573 e. The summed E-state index contributed by atoms with van der Waals surface area (Å²) in [5.74, 6) is -1.38. The van der Waals surface area contributed by atoms with Gasteiger partial charge in [0.1, 0.15) is 12.4 Å². The molecule has 1 aliphatic rings. The molecule has 1 aromatic carbocycles. The molecule has 21 heavy (non-hydrogen) atoms. The van der Waals surface area contributed by atoms with Crippen LogP contribution in [-0.2, 0) is 9.53 Å². The van der Waals surface area contributed by atoms with Crippen LogP contribution in [0.5, 0.6) is 5.75 Å². The number of hydrogen-bond acceptors (Lipinski definition) is 4. The van der Waals surface area contributed by atoms with Crippen LogP contribution in [-0.4, -0.2) is 36.4 Å². The SMILES string of the molecule is C=C(C(=O)N1CCOC1=O)c1ccccc1OC(F)(F)F. The molecule has 5 nitrogen and oxygen atoms in total. The molecule has 0 bridgehead atoms. The van der Waals surface area contributed by atoms with Crippen LogP contribution in [0.25, 0.3) is 5.57 Å². The van der Waals surface area contributed by atoms with Crippen molar-refractivity contribution in [2.24, 2.45) is 0 Å². The fraction of sp³-hybridized carbons (Fsp3) is 0.231. The second-order valence-corrected chi connectivity index (χ2v) is 4.09. The Morgan fingerprint density at radius 3 is 2.57 bits per heavy atom. The van der Waals surface area contributed by atoms with Gasteiger partial charge in [-0.15, -0.1) is 13.2 Å². The van der Waals surface area contributed by atoms with Crippen molar-refractivity contribution in [2.75, 3.05) is 13.2 Å². The summed E-state index contributed by atoms with van der Waals surface area (Å²) >= 11 is 0. The van der Waals surface area contributed by atoms with Crippen LogP contribution in [0.15, 0.2) is 30.8 Å². The van der Waals surface area contributed by atoms with E-state index in [0.717, 1.165) is 11.0 Å². The molecule has 0 radical (unpaired) electrons. The number of benzene rings is 1. The fourth-order valence-electron chi connectivity index (χ4n) is 1.79. The Morgan fingerprint density at radius 1 is 1.33 bits per heavy atom. The number of rotatable bonds is 3. The predicted octanol–water partition coefficient (Wildman–Crippen LogP) is 2.58. The second-order valence-electron chi connectivity index (χ2n) is 4.09. The molecule has 1 fully saturated rings. The van der Waals surface area contributed by atoms with E-state index in [1.165, 1.54) is 18.2 Å². The van der Waals surface area contributed by atoms with Crippen LogP contribution in [0.2, 0.25) is 0 Å². The van der Waals surface area contributed by atoms with Crippen LogP contribution in [0.1, 0.15) is 5.56 Å². The molecule has 0 atom stereocenters. The van der Waals surface area contributed by atoms with Gasteiger partial charge in [0.2, 0.25) is 0 Å². The van der Waals surface area contributed by atoms with E-state index in [1.807, 2.05) is 0 Å². The number of carbonyl (C=O) groups excluding carboxylic acids is 2. The Bertz CT molecular complexity index is 597. The van der Waals surface area contributed by atoms with E-state index in [4.69, 9.17) is 0 Å². The number of imide groups is 1. The minimum absolute atomic E-state index is 0.0268. The van der Waals surface area contributed by atoms with Crippen molar-refractivity contribution in [1.82, 2.24) is 4.90 Å². The molecule has 0 aliphatic carbocycles. The molecule has 112 valence electrons. The van der Waals surface area contributed by atoms with Gasteiger partial charge in [-0.2, -0.15) is 0 Å². The highest BCUT2D eigenvalue weighted by atomic mass is 19.4. The van der Waals surface area contributed by atoms with Gasteiger partial charge in [0.15, 0.2) is 0 Å². The third-order valence-electron chi connectivity index (χ3n) is 2.70. The van der Waals surface area contributed by atoms with E-state index >= 15 is 0 Å². The third kappa shape index (κ3) is 3.33. The minimum Gasteiger partial charge on any atom is -0.447 e. The Hall–Kier alpha value is -2.51. The van der Waals surface area contributed by atoms with E-state index in [1.54, 1.807) is 0 Å². The van der Waals surface area contributed by atoms with Crippen molar-refractivity contribution in [2.45, 2.75) is 6.36 Å². The first-order valence-electron chi connectivity index (χ1n) is 5.82. The summed E-state index contributed by atoms with van der Waals surface area (Å²) in [6.07, 6.45) is -5.75. The van der Waals surface area contributed by atoms with Crippen molar-refractivity contribution in [3.05, 3.63) is 36.4 Å². The van der Waals surface area contributed by atoms with E-state index in [0.29, 0.717) is 0 Å². The maximum Gasteiger partial charge on any atom is 0.573 e. The molecule has 0 spiro atoms. The first-order chi connectivity index (χ1) is 9.79. The maximum absolute atomic E-state index is 12.3. The summed E-state index contributed by atoms with van der Waals surface area (Å²) in [6, 6.07) is 5.07. The van der Waals surface area contributed by atoms with Gasteiger partial charge in [-0.05, 0) is 6.07 Å². The summed E-state index contributed by atoms with van der Waals surface area (Å²) in [5.41, 5.74) is -0.423. The number of ether oxygens (including phenoxy) is 2. The fourth-order valence-corrected chi connectivity index (χ4v) is 1.79. The zero-order valence-corrected chi connectivity index (χ0v) is 10.6. The quantitative estimate of drug-likeness (QED) is 0.805. The molecule has 1 saturated heterocycles. The highest BCUT2D eigenvalue weighted by Crippen LogP contribution is 2.31. The van der Waals surface area contributed by atoms with E-state index < -0.39 is 24.1 Å². The van der Waals surface area contributed by atoms with Crippen molar-refractivity contribution < 1.29 is 32.2 Å². The minimum atomic E-state index is -4.90. The Labute approximate surface area is 117 Å². The van der Waals surface area contributed by atoms with Crippen molar-refractivity contribution in [3.63, 3.8) is 0 Å². The van der Waals surface area contributed by atoms with Crippen LogP contribution in [0.4, 0.5) is 18.0 Å². The molecular weight excluding hydrogens is 291 g/mol. The molecule has 1 aliphatic heterocycles. The molecule has 0 saturated carbocycles. The second kappa shape index (κ2) is 5.47. The van der Waals surface area contributed by atoms with Gasteiger partial charge in [-0.25, -0.2) is 9.69 Å². The van der Waals surface area contributed by atoms with E-state index in [2.05, 4.69) is 16.1 Å². The Morgan fingerprint density at radius 2 is 2.00 bits per heavy atom. The summed E-state index contributed by atoms with van der Waals surface area (Å²) in [4.78, 5) is 24.1. The number of amides is 2. The number of halogens is 3. The first-order valence-corrected chi connectivity index (χ1v) is 5.82. The van der Waals surface area contributed by atoms with Crippen LogP contribution in [0, 0.1) is 0 Å². The third-order valence-corrected chi connectivity index (χ3v) is 2.70. The summed E-state index contributed by atoms with van der Waals surface area (Å²) in [5, 5.41) is 0. The van der Waals surface area contributed by atoms with Crippen molar-refractivity contribution >= 4 is 17.6 Å². The van der Waals surface area contributed by atoms with Gasteiger partial charge in [0.05, 0.1) is 6.54 Å². The number of alkyl halides is 3. The summed E-state index contributed by atoms with van der Waals surface area (Å²) < 4.78 is 45.4. The molecule has 1 aromatic rings. The highest BCUT2D eigenvalue weighted by Gasteiger charge is 2.34. The lowest BCUT2D eigenvalue weighted by molar-refractivity contribution is -0.274. The van der Waals surface area contributed by atoms with Gasteiger partial charge in [-0.1, -0.05) is 24.8 Å². The molecule has 0 unspecified atom stereocenters. The molecule has 8 heteroatoms. The zero-order valence-electron chi connectivity index (χ0n) is 10.6. The summed E-state index contributed by atoms with van der Waals surface area (Å²) in [6.45, 7) is 3.52. The zero-order chi connectivity index (χ0) is 15.6. The molecular formula is C13H10F3NO4. The smallest absolute Gasteiger partial charge is 0.447 e. The topological polar surface area (TPSA) is 55.8 Å². The van der Waals surface area contributed by atoms with Gasteiger partial charge >= 0.3 is 12.5 Å². The van der Waals surface area contributed by atoms with E-state index in [9.17, 15) is 22.8 Å². The number of nitrogens with zero attached hydrogens (tertiary/aromatic N) is 1. The summed E-state index contributed by atoms with van der Waals surface area (Å²) in [7, 11) is 0. The van der Waals surface area contributed by atoms with Gasteiger partial charge in [0, 0.05) is 11.1 Å². The Balaban J connectivity index is 2.27. The van der Waals surface area contributed by atoms with Crippen LogP contribution in [0.3, 0.4) is 0 Å². The average Bonchev–Trinajstić information content (AvgIpc) is 2.82. The maximum atomic E-state index is 12.3. The molecule has 1 heterocycles. The number of carbonyl (C=O) groups is 2. The lowest BCUT2D eigenvalue weighted by Gasteiger charge is -2.16. The number of cyclic esters (lactones) is 1. The van der Waals surface area contributed by atoms with Gasteiger partial charge in [-0.3, -0.25) is 4.79 Å². The lowest BCUT2D eigenvalue weighted by Crippen LogP contribution is -2.32.